The molecule has 0 radical (unpaired) electrons. The molecule has 0 heterocycles. The highest BCUT2D eigenvalue weighted by atomic mass is 79.9. The normalized spacial score (nSPS) is 13.7. The molecule has 2 unspecified atom stereocenters. The molecule has 0 bridgehead atoms. The summed E-state index contributed by atoms with van der Waals surface area (Å²) in [5, 5.41) is -0.850. The van der Waals surface area contributed by atoms with Crippen LogP contribution in [0.15, 0.2) is 51.8 Å². The smallest absolute Gasteiger partial charge is 0.178 e. The first-order chi connectivity index (χ1) is 9.90. The SMILES string of the molecule is CC(C(=O)c1ccc(Br)cc1)S(=O)c1ccc(F)c(Cl)c1. The summed E-state index contributed by atoms with van der Waals surface area (Å²) in [7, 11) is -1.60. The lowest BCUT2D eigenvalue weighted by Gasteiger charge is -2.11. The van der Waals surface area contributed by atoms with E-state index in [0.29, 0.717) is 10.5 Å². The van der Waals surface area contributed by atoms with Gasteiger partial charge in [0.15, 0.2) is 5.78 Å². The molecule has 0 spiro atoms. The van der Waals surface area contributed by atoms with Gasteiger partial charge in [-0.15, -0.1) is 0 Å². The van der Waals surface area contributed by atoms with Crippen molar-refractivity contribution >= 4 is 44.1 Å². The van der Waals surface area contributed by atoms with Crippen LogP contribution >= 0.6 is 27.5 Å². The maximum Gasteiger partial charge on any atom is 0.178 e. The molecule has 0 aromatic heterocycles. The van der Waals surface area contributed by atoms with Crippen LogP contribution in [0.2, 0.25) is 5.02 Å². The van der Waals surface area contributed by atoms with Crippen LogP contribution in [0.5, 0.6) is 0 Å². The maximum absolute atomic E-state index is 13.1. The highest BCUT2D eigenvalue weighted by Crippen LogP contribution is 2.22. The van der Waals surface area contributed by atoms with E-state index < -0.39 is 21.9 Å². The lowest BCUT2D eigenvalue weighted by atomic mass is 10.1. The Bertz CT molecular complexity index is 703. The van der Waals surface area contributed by atoms with Gasteiger partial charge in [0.25, 0.3) is 0 Å². The number of benzene rings is 2. The van der Waals surface area contributed by atoms with E-state index in [1.807, 2.05) is 0 Å². The molecular weight excluding hydrogens is 379 g/mol. The van der Waals surface area contributed by atoms with Gasteiger partial charge in [-0.2, -0.15) is 0 Å². The minimum atomic E-state index is -1.60. The summed E-state index contributed by atoms with van der Waals surface area (Å²) in [6.07, 6.45) is 0. The summed E-state index contributed by atoms with van der Waals surface area (Å²) in [6, 6.07) is 10.6. The molecule has 6 heteroatoms. The van der Waals surface area contributed by atoms with Gasteiger partial charge in [0.05, 0.1) is 21.1 Å². The van der Waals surface area contributed by atoms with E-state index in [2.05, 4.69) is 15.9 Å². The second-order valence-corrected chi connectivity index (χ2v) is 7.48. The lowest BCUT2D eigenvalue weighted by molar-refractivity contribution is 0.0992. The monoisotopic (exact) mass is 388 g/mol. The fourth-order valence-electron chi connectivity index (χ4n) is 1.75. The third kappa shape index (κ3) is 3.78. The molecular formula is C15H11BrClFO2S. The Labute approximate surface area is 137 Å². The summed E-state index contributed by atoms with van der Waals surface area (Å²) < 4.78 is 26.4. The fraction of sp³-hybridized carbons (Fsp3) is 0.133. The molecule has 0 fully saturated rings. The number of hydrogen-bond donors (Lipinski definition) is 0. The molecule has 21 heavy (non-hydrogen) atoms. The second kappa shape index (κ2) is 6.81. The second-order valence-electron chi connectivity index (χ2n) is 4.39. The molecule has 0 saturated heterocycles. The zero-order valence-corrected chi connectivity index (χ0v) is 14.1. The Morgan fingerprint density at radius 3 is 2.43 bits per heavy atom. The third-order valence-corrected chi connectivity index (χ3v) is 5.34. The van der Waals surface area contributed by atoms with Crippen LogP contribution in [0, 0.1) is 5.82 Å². The Hall–Kier alpha value is -1.04. The first-order valence-corrected chi connectivity index (χ1v) is 8.44. The summed E-state index contributed by atoms with van der Waals surface area (Å²) in [6.45, 7) is 1.58. The van der Waals surface area contributed by atoms with Crippen molar-refractivity contribution in [1.82, 2.24) is 0 Å². The third-order valence-electron chi connectivity index (χ3n) is 2.94. The number of ketones is 1. The van der Waals surface area contributed by atoms with Gasteiger partial charge < -0.3 is 0 Å². The van der Waals surface area contributed by atoms with E-state index in [4.69, 9.17) is 11.6 Å². The predicted octanol–water partition coefficient (Wildman–Crippen LogP) is 4.62. The van der Waals surface area contributed by atoms with Crippen LogP contribution in [-0.4, -0.2) is 15.2 Å². The van der Waals surface area contributed by atoms with Crippen molar-refractivity contribution in [3.8, 4) is 0 Å². The zero-order chi connectivity index (χ0) is 15.6. The van der Waals surface area contributed by atoms with Crippen LogP contribution in [0.1, 0.15) is 17.3 Å². The molecule has 2 nitrogen and oxygen atoms in total. The Morgan fingerprint density at radius 2 is 1.86 bits per heavy atom. The van der Waals surface area contributed by atoms with Crippen molar-refractivity contribution in [2.75, 3.05) is 0 Å². The first-order valence-electron chi connectivity index (χ1n) is 6.05. The number of halogens is 3. The topological polar surface area (TPSA) is 34.1 Å². The van der Waals surface area contributed by atoms with Gasteiger partial charge in [0.2, 0.25) is 0 Å². The van der Waals surface area contributed by atoms with E-state index in [-0.39, 0.29) is 10.8 Å². The number of carbonyl (C=O) groups excluding carboxylic acids is 1. The quantitative estimate of drug-likeness (QED) is 0.715. The number of Topliss-reactive ketones (excluding diaryl/α,β-unsaturated/α-hetero) is 1. The van der Waals surface area contributed by atoms with Gasteiger partial charge in [0, 0.05) is 14.9 Å². The number of hydrogen-bond acceptors (Lipinski definition) is 2. The van der Waals surface area contributed by atoms with Crippen molar-refractivity contribution < 1.29 is 13.4 Å². The van der Waals surface area contributed by atoms with Crippen LogP contribution in [0.25, 0.3) is 0 Å². The minimum Gasteiger partial charge on any atom is -0.293 e. The summed E-state index contributed by atoms with van der Waals surface area (Å²) in [4.78, 5) is 12.6. The standard InChI is InChI=1S/C15H11BrClFO2S/c1-9(15(19)10-2-4-11(16)5-3-10)21(20)12-6-7-14(18)13(17)8-12/h2-9H,1H3. The van der Waals surface area contributed by atoms with Crippen molar-refractivity contribution in [1.29, 1.82) is 0 Å². The molecule has 2 rings (SSSR count). The van der Waals surface area contributed by atoms with Gasteiger partial charge in [-0.1, -0.05) is 39.7 Å². The largest absolute Gasteiger partial charge is 0.293 e. The van der Waals surface area contributed by atoms with Crippen molar-refractivity contribution in [2.45, 2.75) is 17.1 Å². The van der Waals surface area contributed by atoms with Crippen LogP contribution < -0.4 is 0 Å². The molecule has 110 valence electrons. The highest BCUT2D eigenvalue weighted by Gasteiger charge is 2.23. The fourth-order valence-corrected chi connectivity index (χ4v) is 3.44. The lowest BCUT2D eigenvalue weighted by Crippen LogP contribution is -2.22. The van der Waals surface area contributed by atoms with E-state index in [0.717, 1.165) is 10.5 Å². The predicted molar refractivity (Wildman–Crippen MR) is 85.8 cm³/mol. The molecule has 2 atom stereocenters. The molecule has 0 aliphatic rings. The maximum atomic E-state index is 13.1. The van der Waals surface area contributed by atoms with E-state index in [1.54, 1.807) is 31.2 Å². The van der Waals surface area contributed by atoms with E-state index in [9.17, 15) is 13.4 Å². The average molecular weight is 390 g/mol. The van der Waals surface area contributed by atoms with Crippen molar-refractivity contribution in [2.24, 2.45) is 0 Å². The molecule has 0 N–H and O–H groups in total. The molecule has 0 aliphatic heterocycles. The van der Waals surface area contributed by atoms with E-state index in [1.165, 1.54) is 12.1 Å². The van der Waals surface area contributed by atoms with Crippen LogP contribution in [0.3, 0.4) is 0 Å². The zero-order valence-electron chi connectivity index (χ0n) is 11.0. The molecule has 0 saturated carbocycles. The minimum absolute atomic E-state index is 0.107. The van der Waals surface area contributed by atoms with Crippen molar-refractivity contribution in [3.05, 3.63) is 63.3 Å². The van der Waals surface area contributed by atoms with Gasteiger partial charge in [-0.05, 0) is 37.3 Å². The first kappa shape index (κ1) is 16.3. The van der Waals surface area contributed by atoms with E-state index >= 15 is 0 Å². The number of carbonyl (C=O) groups is 1. The van der Waals surface area contributed by atoms with Gasteiger partial charge in [-0.3, -0.25) is 9.00 Å². The average Bonchev–Trinajstić information content (AvgIpc) is 2.48. The van der Waals surface area contributed by atoms with Crippen LogP contribution in [-0.2, 0) is 10.8 Å². The molecule has 0 aliphatic carbocycles. The Morgan fingerprint density at radius 1 is 1.24 bits per heavy atom. The number of rotatable bonds is 4. The summed E-state index contributed by atoms with van der Waals surface area (Å²) in [5.41, 5.74) is 0.479. The van der Waals surface area contributed by atoms with Gasteiger partial charge in [0.1, 0.15) is 5.82 Å². The van der Waals surface area contributed by atoms with Crippen molar-refractivity contribution in [3.63, 3.8) is 0 Å². The molecule has 2 aromatic rings. The van der Waals surface area contributed by atoms with Gasteiger partial charge in [-0.25, -0.2) is 4.39 Å². The highest BCUT2D eigenvalue weighted by molar-refractivity contribution is 9.10. The van der Waals surface area contributed by atoms with Gasteiger partial charge >= 0.3 is 0 Å². The van der Waals surface area contributed by atoms with Crippen LogP contribution in [0.4, 0.5) is 4.39 Å². The molecule has 0 amide bonds. The molecule has 2 aromatic carbocycles. The Kier molecular flexibility index (Phi) is 5.30. The Balaban J connectivity index is 2.24. The summed E-state index contributed by atoms with van der Waals surface area (Å²) >= 11 is 8.97. The summed E-state index contributed by atoms with van der Waals surface area (Å²) in [5.74, 6) is -0.814.